The summed E-state index contributed by atoms with van der Waals surface area (Å²) in [5.41, 5.74) is 0.975. The average molecular weight is 245 g/mol. The second-order valence-corrected chi connectivity index (χ2v) is 3.97. The van der Waals surface area contributed by atoms with Gasteiger partial charge in [-0.1, -0.05) is 55.5 Å². The second kappa shape index (κ2) is 8.12. The summed E-state index contributed by atoms with van der Waals surface area (Å²) >= 11 is 0. The minimum Gasteiger partial charge on any atom is -0.445 e. The fourth-order valence-electron chi connectivity index (χ4n) is 1.28. The number of hydrogen-bond acceptors (Lipinski definition) is 2. The first-order chi connectivity index (χ1) is 8.72. The van der Waals surface area contributed by atoms with Crippen LogP contribution < -0.4 is 5.32 Å². The molecule has 0 aliphatic heterocycles. The van der Waals surface area contributed by atoms with E-state index in [1.165, 1.54) is 0 Å². The van der Waals surface area contributed by atoms with E-state index in [0.717, 1.165) is 5.56 Å². The maximum absolute atomic E-state index is 11.3. The van der Waals surface area contributed by atoms with Gasteiger partial charge in [0.25, 0.3) is 0 Å². The van der Waals surface area contributed by atoms with Gasteiger partial charge in [0.1, 0.15) is 6.61 Å². The van der Waals surface area contributed by atoms with Crippen LogP contribution in [-0.2, 0) is 11.3 Å². The van der Waals surface area contributed by atoms with Crippen molar-refractivity contribution in [3.63, 3.8) is 0 Å². The summed E-state index contributed by atoms with van der Waals surface area (Å²) in [5.74, 6) is 0.312. The zero-order valence-electron chi connectivity index (χ0n) is 10.6. The predicted molar refractivity (Wildman–Crippen MR) is 73.1 cm³/mol. The minimum absolute atomic E-state index is 0.291. The molecule has 1 atom stereocenters. The Morgan fingerprint density at radius 1 is 1.44 bits per heavy atom. The molecule has 1 rings (SSSR count). The quantitative estimate of drug-likeness (QED) is 0.781. The highest BCUT2D eigenvalue weighted by Crippen LogP contribution is 2.00. The first-order valence-corrected chi connectivity index (χ1v) is 5.96. The van der Waals surface area contributed by atoms with E-state index in [9.17, 15) is 4.79 Å². The molecule has 18 heavy (non-hydrogen) atoms. The van der Waals surface area contributed by atoms with Gasteiger partial charge in [0, 0.05) is 6.54 Å². The molecule has 0 spiro atoms. The molecule has 1 aromatic carbocycles. The first kappa shape index (κ1) is 14.0. The van der Waals surface area contributed by atoms with Gasteiger partial charge in [-0.15, -0.1) is 6.58 Å². The Kier molecular flexibility index (Phi) is 6.33. The van der Waals surface area contributed by atoms with Crippen LogP contribution in [-0.4, -0.2) is 12.6 Å². The number of amides is 1. The lowest BCUT2D eigenvalue weighted by molar-refractivity contribution is 0.140. The Morgan fingerprint density at radius 3 is 2.83 bits per heavy atom. The summed E-state index contributed by atoms with van der Waals surface area (Å²) in [4.78, 5) is 11.3. The summed E-state index contributed by atoms with van der Waals surface area (Å²) in [6, 6.07) is 9.58. The van der Waals surface area contributed by atoms with Crippen LogP contribution in [0.1, 0.15) is 12.5 Å². The Labute approximate surface area is 108 Å². The third kappa shape index (κ3) is 5.89. The molecule has 0 unspecified atom stereocenters. The summed E-state index contributed by atoms with van der Waals surface area (Å²) in [7, 11) is 0. The van der Waals surface area contributed by atoms with E-state index < -0.39 is 6.09 Å². The predicted octanol–water partition coefficient (Wildman–Crippen LogP) is 3.29. The van der Waals surface area contributed by atoms with E-state index in [2.05, 4.69) is 11.9 Å². The number of benzene rings is 1. The van der Waals surface area contributed by atoms with Crippen LogP contribution in [0.25, 0.3) is 0 Å². The molecule has 3 heteroatoms. The van der Waals surface area contributed by atoms with Gasteiger partial charge >= 0.3 is 6.09 Å². The highest BCUT2D eigenvalue weighted by Gasteiger charge is 2.00. The molecule has 0 fully saturated rings. The number of alkyl carbamates (subject to hydrolysis) is 1. The zero-order valence-corrected chi connectivity index (χ0v) is 10.6. The summed E-state index contributed by atoms with van der Waals surface area (Å²) < 4.78 is 5.06. The van der Waals surface area contributed by atoms with Crippen LogP contribution in [0.5, 0.6) is 0 Å². The molecule has 0 bridgehead atoms. The summed E-state index contributed by atoms with van der Waals surface area (Å²) in [6.07, 6.45) is 5.29. The molecule has 1 amide bonds. The fourth-order valence-corrected chi connectivity index (χ4v) is 1.28. The van der Waals surface area contributed by atoms with Crippen molar-refractivity contribution in [2.75, 3.05) is 6.54 Å². The lowest BCUT2D eigenvalue weighted by Gasteiger charge is -2.05. The molecule has 0 aliphatic rings. The Hall–Kier alpha value is -2.03. The van der Waals surface area contributed by atoms with Crippen molar-refractivity contribution in [3.05, 3.63) is 60.7 Å². The van der Waals surface area contributed by atoms with Crippen LogP contribution in [0.3, 0.4) is 0 Å². The van der Waals surface area contributed by atoms with Crippen molar-refractivity contribution < 1.29 is 9.53 Å². The third-order valence-electron chi connectivity index (χ3n) is 2.39. The Bertz CT molecular complexity index is 398. The molecule has 3 nitrogen and oxygen atoms in total. The van der Waals surface area contributed by atoms with E-state index in [1.54, 1.807) is 0 Å². The monoisotopic (exact) mass is 245 g/mol. The summed E-state index contributed by atoms with van der Waals surface area (Å²) in [6.45, 7) is 6.45. The molecule has 0 radical (unpaired) electrons. The Balaban J connectivity index is 2.18. The molecular formula is C15H19NO2. The Morgan fingerprint density at radius 2 is 2.17 bits per heavy atom. The third-order valence-corrected chi connectivity index (χ3v) is 2.39. The number of nitrogens with one attached hydrogen (secondary N) is 1. The van der Waals surface area contributed by atoms with Gasteiger partial charge in [-0.2, -0.15) is 0 Å². The standard InChI is InChI=1S/C15H19NO2/c1-3-13(2)8-7-11-16-15(17)18-12-14-9-5-4-6-10-14/h3-10,13H,1,11-12H2,2H3,(H,16,17)/b8-7-/t13-/m1/s1. The molecule has 0 aliphatic carbocycles. The largest absolute Gasteiger partial charge is 0.445 e. The first-order valence-electron chi connectivity index (χ1n) is 5.96. The number of carbonyl (C=O) groups excluding carboxylic acids is 1. The van der Waals surface area contributed by atoms with E-state index in [-0.39, 0.29) is 0 Å². The zero-order chi connectivity index (χ0) is 13.2. The molecule has 1 aromatic rings. The van der Waals surface area contributed by atoms with Gasteiger partial charge in [-0.25, -0.2) is 4.79 Å². The number of hydrogen-bond donors (Lipinski definition) is 1. The molecule has 96 valence electrons. The van der Waals surface area contributed by atoms with E-state index in [1.807, 2.05) is 55.5 Å². The van der Waals surface area contributed by atoms with Crippen LogP contribution in [0, 0.1) is 5.92 Å². The van der Waals surface area contributed by atoms with Crippen molar-refractivity contribution >= 4 is 6.09 Å². The second-order valence-electron chi connectivity index (χ2n) is 3.97. The van der Waals surface area contributed by atoms with Crippen molar-refractivity contribution in [1.82, 2.24) is 5.32 Å². The van der Waals surface area contributed by atoms with Gasteiger partial charge in [0.05, 0.1) is 0 Å². The molecular weight excluding hydrogens is 226 g/mol. The minimum atomic E-state index is -0.408. The highest BCUT2D eigenvalue weighted by molar-refractivity contribution is 5.67. The van der Waals surface area contributed by atoms with E-state index >= 15 is 0 Å². The molecule has 0 saturated heterocycles. The maximum atomic E-state index is 11.3. The SMILES string of the molecule is C=C[C@@H](C)/C=C\CNC(=O)OCc1ccccc1. The van der Waals surface area contributed by atoms with Crippen molar-refractivity contribution in [3.8, 4) is 0 Å². The van der Waals surface area contributed by atoms with E-state index in [4.69, 9.17) is 4.74 Å². The van der Waals surface area contributed by atoms with Gasteiger partial charge in [-0.05, 0) is 11.5 Å². The number of ether oxygens (including phenoxy) is 1. The highest BCUT2D eigenvalue weighted by atomic mass is 16.5. The van der Waals surface area contributed by atoms with Crippen LogP contribution in [0.15, 0.2) is 55.1 Å². The van der Waals surface area contributed by atoms with Crippen LogP contribution in [0.2, 0.25) is 0 Å². The lowest BCUT2D eigenvalue weighted by atomic mass is 10.2. The normalized spacial score (nSPS) is 12.1. The van der Waals surface area contributed by atoms with Gasteiger partial charge in [-0.3, -0.25) is 0 Å². The number of carbonyl (C=O) groups is 1. The smallest absolute Gasteiger partial charge is 0.407 e. The summed E-state index contributed by atoms with van der Waals surface area (Å²) in [5, 5.41) is 2.65. The maximum Gasteiger partial charge on any atom is 0.407 e. The molecule has 1 N–H and O–H groups in total. The van der Waals surface area contributed by atoms with Crippen molar-refractivity contribution in [1.29, 1.82) is 0 Å². The van der Waals surface area contributed by atoms with E-state index in [0.29, 0.717) is 19.1 Å². The fraction of sp³-hybridized carbons (Fsp3) is 0.267. The van der Waals surface area contributed by atoms with Gasteiger partial charge < -0.3 is 10.1 Å². The van der Waals surface area contributed by atoms with Crippen LogP contribution >= 0.6 is 0 Å². The number of rotatable bonds is 6. The van der Waals surface area contributed by atoms with Gasteiger partial charge in [0.2, 0.25) is 0 Å². The molecule has 0 heterocycles. The molecule has 0 aromatic heterocycles. The topological polar surface area (TPSA) is 38.3 Å². The van der Waals surface area contributed by atoms with Crippen molar-refractivity contribution in [2.45, 2.75) is 13.5 Å². The van der Waals surface area contributed by atoms with Gasteiger partial charge in [0.15, 0.2) is 0 Å². The van der Waals surface area contributed by atoms with Crippen molar-refractivity contribution in [2.24, 2.45) is 5.92 Å². The lowest BCUT2D eigenvalue weighted by Crippen LogP contribution is -2.24. The molecule has 0 saturated carbocycles. The van der Waals surface area contributed by atoms with Crippen LogP contribution in [0.4, 0.5) is 4.79 Å². The average Bonchev–Trinajstić information content (AvgIpc) is 2.42. The number of allylic oxidation sites excluding steroid dienone is 2.